The van der Waals surface area contributed by atoms with E-state index in [0.29, 0.717) is 6.42 Å². The minimum atomic E-state index is -0.771. The smallest absolute Gasteiger partial charge is 0.118 e. The van der Waals surface area contributed by atoms with Gasteiger partial charge >= 0.3 is 0 Å². The minimum absolute atomic E-state index is 0.156. The van der Waals surface area contributed by atoms with Gasteiger partial charge in [0, 0.05) is 12.5 Å². The van der Waals surface area contributed by atoms with Gasteiger partial charge < -0.3 is 5.11 Å². The molecule has 0 saturated heterocycles. The second kappa shape index (κ2) is 2.97. The van der Waals surface area contributed by atoms with Crippen LogP contribution in [0.3, 0.4) is 0 Å². The number of aliphatic hydroxyl groups excluding tert-OH is 1. The lowest BCUT2D eigenvalue weighted by molar-refractivity contribution is 0.225. The van der Waals surface area contributed by atoms with Crippen molar-refractivity contribution >= 4 is 0 Å². The third-order valence-electron chi connectivity index (χ3n) is 1.64. The molecule has 9 heavy (non-hydrogen) atoms. The molecule has 2 atom stereocenters. The Labute approximate surface area is 54.2 Å². The summed E-state index contributed by atoms with van der Waals surface area (Å²) in [5.41, 5.74) is 0. The van der Waals surface area contributed by atoms with E-state index in [2.05, 4.69) is 0 Å². The Balaban J connectivity index is 2.38. The van der Waals surface area contributed by atoms with E-state index in [1.165, 1.54) is 6.08 Å². The third-order valence-corrected chi connectivity index (χ3v) is 1.64. The van der Waals surface area contributed by atoms with Crippen molar-refractivity contribution in [2.45, 2.75) is 19.0 Å². The molecule has 0 heterocycles. The largest absolute Gasteiger partial charge is 0.396 e. The van der Waals surface area contributed by atoms with Crippen LogP contribution < -0.4 is 0 Å². The summed E-state index contributed by atoms with van der Waals surface area (Å²) in [6, 6.07) is 0. The zero-order chi connectivity index (χ0) is 6.69. The van der Waals surface area contributed by atoms with Crippen molar-refractivity contribution in [1.82, 2.24) is 0 Å². The predicted octanol–water partition coefficient (Wildman–Crippen LogP) is 1.28. The standard InChI is InChI=1S/C7H11FO/c8-7-3-1-6(5-9)2-4-7/h1,3,6-7,9H,2,4-5H2. The SMILES string of the molecule is OCC1C=CC(F)CC1. The Hall–Kier alpha value is -0.370. The number of alkyl halides is 1. The Kier molecular flexibility index (Phi) is 2.22. The average Bonchev–Trinajstić information content (AvgIpc) is 1.90. The molecule has 0 saturated carbocycles. The van der Waals surface area contributed by atoms with Crippen molar-refractivity contribution in [3.05, 3.63) is 12.2 Å². The first-order chi connectivity index (χ1) is 4.33. The summed E-state index contributed by atoms with van der Waals surface area (Å²) >= 11 is 0. The topological polar surface area (TPSA) is 20.2 Å². The fourth-order valence-electron chi connectivity index (χ4n) is 0.996. The highest BCUT2D eigenvalue weighted by Crippen LogP contribution is 2.18. The molecular formula is C7H11FO. The summed E-state index contributed by atoms with van der Waals surface area (Å²) in [6.45, 7) is 0.156. The summed E-state index contributed by atoms with van der Waals surface area (Å²) in [4.78, 5) is 0. The zero-order valence-corrected chi connectivity index (χ0v) is 5.26. The van der Waals surface area contributed by atoms with Gasteiger partial charge in [0.25, 0.3) is 0 Å². The summed E-state index contributed by atoms with van der Waals surface area (Å²) in [6.07, 6.45) is 3.88. The van der Waals surface area contributed by atoms with Crippen LogP contribution in [0.25, 0.3) is 0 Å². The van der Waals surface area contributed by atoms with Gasteiger partial charge in [0.05, 0.1) is 0 Å². The number of hydrogen-bond acceptors (Lipinski definition) is 1. The van der Waals surface area contributed by atoms with Gasteiger partial charge in [-0.25, -0.2) is 4.39 Å². The van der Waals surface area contributed by atoms with E-state index in [0.717, 1.165) is 6.42 Å². The third kappa shape index (κ3) is 1.79. The monoisotopic (exact) mass is 130 g/mol. The molecule has 0 aromatic carbocycles. The Morgan fingerprint density at radius 3 is 2.67 bits per heavy atom. The van der Waals surface area contributed by atoms with Crippen LogP contribution in [-0.4, -0.2) is 17.9 Å². The maximum Gasteiger partial charge on any atom is 0.118 e. The van der Waals surface area contributed by atoms with Crippen LogP contribution in [0, 0.1) is 5.92 Å². The highest BCUT2D eigenvalue weighted by Gasteiger charge is 2.12. The Morgan fingerprint density at radius 2 is 2.22 bits per heavy atom. The molecule has 1 N–H and O–H groups in total. The van der Waals surface area contributed by atoms with E-state index in [4.69, 9.17) is 5.11 Å². The highest BCUT2D eigenvalue weighted by atomic mass is 19.1. The van der Waals surface area contributed by atoms with Crippen molar-refractivity contribution in [3.8, 4) is 0 Å². The van der Waals surface area contributed by atoms with Crippen LogP contribution >= 0.6 is 0 Å². The quantitative estimate of drug-likeness (QED) is 0.530. The highest BCUT2D eigenvalue weighted by molar-refractivity contribution is 4.98. The summed E-state index contributed by atoms with van der Waals surface area (Å²) < 4.78 is 12.3. The van der Waals surface area contributed by atoms with Crippen LogP contribution in [0.2, 0.25) is 0 Å². The first-order valence-corrected chi connectivity index (χ1v) is 3.26. The molecule has 0 aromatic rings. The fourth-order valence-corrected chi connectivity index (χ4v) is 0.996. The lowest BCUT2D eigenvalue weighted by Crippen LogP contribution is -2.11. The molecule has 0 radical (unpaired) electrons. The van der Waals surface area contributed by atoms with E-state index in [-0.39, 0.29) is 12.5 Å². The second-order valence-corrected chi connectivity index (χ2v) is 2.42. The van der Waals surface area contributed by atoms with E-state index in [1.54, 1.807) is 6.08 Å². The Bertz CT molecular complexity index is 111. The normalized spacial score (nSPS) is 34.9. The van der Waals surface area contributed by atoms with Gasteiger partial charge in [-0.1, -0.05) is 12.2 Å². The summed E-state index contributed by atoms with van der Waals surface area (Å²) in [5.74, 6) is 0.206. The Morgan fingerprint density at radius 1 is 1.44 bits per heavy atom. The van der Waals surface area contributed by atoms with Crippen molar-refractivity contribution in [2.75, 3.05) is 6.61 Å². The van der Waals surface area contributed by atoms with Gasteiger partial charge in [-0.3, -0.25) is 0 Å². The first kappa shape index (κ1) is 6.75. The molecule has 1 aliphatic rings. The number of rotatable bonds is 1. The van der Waals surface area contributed by atoms with E-state index >= 15 is 0 Å². The van der Waals surface area contributed by atoms with Crippen LogP contribution in [0.5, 0.6) is 0 Å². The van der Waals surface area contributed by atoms with Gasteiger partial charge in [-0.05, 0) is 12.8 Å². The molecule has 52 valence electrons. The molecule has 0 spiro atoms. The predicted molar refractivity (Wildman–Crippen MR) is 33.8 cm³/mol. The molecule has 2 unspecified atom stereocenters. The number of halogens is 1. The van der Waals surface area contributed by atoms with Gasteiger partial charge in [0.15, 0.2) is 0 Å². The molecular weight excluding hydrogens is 119 g/mol. The van der Waals surface area contributed by atoms with Gasteiger partial charge in [0.2, 0.25) is 0 Å². The molecule has 1 aliphatic carbocycles. The van der Waals surface area contributed by atoms with Crippen LogP contribution in [0.4, 0.5) is 4.39 Å². The summed E-state index contributed by atoms with van der Waals surface area (Å²) in [5, 5.41) is 8.60. The molecule has 2 heteroatoms. The fraction of sp³-hybridized carbons (Fsp3) is 0.714. The molecule has 0 fully saturated rings. The zero-order valence-electron chi connectivity index (χ0n) is 5.26. The molecule has 1 rings (SSSR count). The van der Waals surface area contributed by atoms with Crippen LogP contribution in [0.1, 0.15) is 12.8 Å². The van der Waals surface area contributed by atoms with Gasteiger partial charge in [-0.15, -0.1) is 0 Å². The molecule has 0 aromatic heterocycles. The van der Waals surface area contributed by atoms with Gasteiger partial charge in [-0.2, -0.15) is 0 Å². The van der Waals surface area contributed by atoms with Crippen LogP contribution in [-0.2, 0) is 0 Å². The lowest BCUT2D eigenvalue weighted by atomic mass is 9.96. The van der Waals surface area contributed by atoms with Crippen molar-refractivity contribution in [1.29, 1.82) is 0 Å². The van der Waals surface area contributed by atoms with Crippen molar-refractivity contribution in [3.63, 3.8) is 0 Å². The van der Waals surface area contributed by atoms with E-state index in [1.807, 2.05) is 0 Å². The first-order valence-electron chi connectivity index (χ1n) is 3.26. The number of hydrogen-bond donors (Lipinski definition) is 1. The summed E-state index contributed by atoms with van der Waals surface area (Å²) in [7, 11) is 0. The lowest BCUT2D eigenvalue weighted by Gasteiger charge is -2.15. The maximum absolute atomic E-state index is 12.3. The van der Waals surface area contributed by atoms with Crippen molar-refractivity contribution in [2.24, 2.45) is 5.92 Å². The van der Waals surface area contributed by atoms with Crippen molar-refractivity contribution < 1.29 is 9.50 Å². The average molecular weight is 130 g/mol. The van der Waals surface area contributed by atoms with Crippen LogP contribution in [0.15, 0.2) is 12.2 Å². The number of aliphatic hydroxyl groups is 1. The molecule has 0 aliphatic heterocycles. The number of allylic oxidation sites excluding steroid dienone is 1. The van der Waals surface area contributed by atoms with E-state index in [9.17, 15) is 4.39 Å². The molecule has 0 amide bonds. The second-order valence-electron chi connectivity index (χ2n) is 2.42. The van der Waals surface area contributed by atoms with Gasteiger partial charge in [0.1, 0.15) is 6.17 Å². The minimum Gasteiger partial charge on any atom is -0.396 e. The molecule has 1 nitrogen and oxygen atoms in total. The maximum atomic E-state index is 12.3. The van der Waals surface area contributed by atoms with E-state index < -0.39 is 6.17 Å². The molecule has 0 bridgehead atoms.